The van der Waals surface area contributed by atoms with E-state index in [-0.39, 0.29) is 0 Å². The van der Waals surface area contributed by atoms with E-state index in [9.17, 15) is 4.79 Å². The van der Waals surface area contributed by atoms with Crippen LogP contribution in [0.25, 0.3) is 6.08 Å². The molecule has 1 rings (SSSR count). The summed E-state index contributed by atoms with van der Waals surface area (Å²) in [7, 11) is 0. The Hall–Kier alpha value is -1.80. The van der Waals surface area contributed by atoms with Crippen molar-refractivity contribution in [3.05, 3.63) is 34.3 Å². The van der Waals surface area contributed by atoms with Crippen molar-refractivity contribution in [2.45, 2.75) is 13.3 Å². The molecule has 0 aromatic heterocycles. The number of nitrogens with zero attached hydrogens (tertiary/aromatic N) is 2. The third-order valence-electron chi connectivity index (χ3n) is 2.61. The maximum absolute atomic E-state index is 10.5. The third-order valence-corrected chi connectivity index (χ3v) is 3.24. The first kappa shape index (κ1) is 15.3. The topological polar surface area (TPSA) is 64.3 Å². The average Bonchev–Trinajstić information content (AvgIpc) is 2.39. The molecule has 5 heteroatoms. The summed E-state index contributed by atoms with van der Waals surface area (Å²) in [6, 6.07) is 7.78. The van der Waals surface area contributed by atoms with Gasteiger partial charge in [-0.1, -0.05) is 6.07 Å². The molecular formula is C14H15BrN2O2. The Kier molecular flexibility index (Phi) is 6.10. The van der Waals surface area contributed by atoms with Gasteiger partial charge in [0.1, 0.15) is 0 Å². The van der Waals surface area contributed by atoms with Crippen LogP contribution < -0.4 is 4.90 Å². The van der Waals surface area contributed by atoms with Crippen LogP contribution in [0, 0.1) is 11.3 Å². The summed E-state index contributed by atoms with van der Waals surface area (Å²) in [6.45, 7) is 3.52. The molecule has 0 unspecified atom stereocenters. The van der Waals surface area contributed by atoms with Gasteiger partial charge in [-0.2, -0.15) is 5.26 Å². The van der Waals surface area contributed by atoms with Crippen molar-refractivity contribution in [2.75, 3.05) is 18.0 Å². The molecule has 0 aliphatic carbocycles. The lowest BCUT2D eigenvalue weighted by Crippen LogP contribution is -2.23. The summed E-state index contributed by atoms with van der Waals surface area (Å²) in [4.78, 5) is 12.6. The molecule has 19 heavy (non-hydrogen) atoms. The highest BCUT2D eigenvalue weighted by atomic mass is 79.9. The lowest BCUT2D eigenvalue weighted by Gasteiger charge is -2.23. The molecule has 0 amide bonds. The number of rotatable bonds is 6. The maximum atomic E-state index is 10.5. The predicted octanol–water partition coefficient (Wildman–Crippen LogP) is 3.29. The van der Waals surface area contributed by atoms with Crippen LogP contribution in [0.5, 0.6) is 0 Å². The van der Waals surface area contributed by atoms with E-state index in [0.717, 1.165) is 28.3 Å². The highest BCUT2D eigenvalue weighted by Crippen LogP contribution is 2.28. The highest BCUT2D eigenvalue weighted by molar-refractivity contribution is 9.10. The number of hydrogen-bond acceptors (Lipinski definition) is 3. The van der Waals surface area contributed by atoms with Crippen molar-refractivity contribution in [3.8, 4) is 6.07 Å². The fourth-order valence-corrected chi connectivity index (χ4v) is 2.33. The number of halogens is 1. The molecule has 0 saturated heterocycles. The number of carboxylic acid groups (broad SMARTS) is 1. The molecule has 0 aliphatic heterocycles. The van der Waals surface area contributed by atoms with Gasteiger partial charge in [-0.25, -0.2) is 4.79 Å². The second-order valence-corrected chi connectivity index (χ2v) is 4.72. The Bertz CT molecular complexity index is 521. The number of benzene rings is 1. The van der Waals surface area contributed by atoms with E-state index >= 15 is 0 Å². The van der Waals surface area contributed by atoms with Gasteiger partial charge in [0.2, 0.25) is 0 Å². The first-order chi connectivity index (χ1) is 9.08. The summed E-state index contributed by atoms with van der Waals surface area (Å²) in [5, 5.41) is 17.2. The fraction of sp³-hybridized carbons (Fsp3) is 0.286. The zero-order chi connectivity index (χ0) is 14.3. The Morgan fingerprint density at radius 1 is 1.58 bits per heavy atom. The van der Waals surface area contributed by atoms with Gasteiger partial charge in [0, 0.05) is 23.6 Å². The van der Waals surface area contributed by atoms with E-state index in [4.69, 9.17) is 10.4 Å². The molecule has 0 radical (unpaired) electrons. The van der Waals surface area contributed by atoms with Crippen molar-refractivity contribution >= 4 is 33.7 Å². The van der Waals surface area contributed by atoms with Gasteiger partial charge in [-0.3, -0.25) is 0 Å². The number of carbonyl (C=O) groups is 1. The summed E-state index contributed by atoms with van der Waals surface area (Å²) in [6.07, 6.45) is 3.12. The zero-order valence-corrected chi connectivity index (χ0v) is 12.2. The van der Waals surface area contributed by atoms with Crippen LogP contribution in [0.1, 0.15) is 18.9 Å². The van der Waals surface area contributed by atoms with Crippen molar-refractivity contribution in [2.24, 2.45) is 0 Å². The summed E-state index contributed by atoms with van der Waals surface area (Å²) < 4.78 is 0.889. The number of carboxylic acids is 1. The molecule has 1 N–H and O–H groups in total. The Balaban J connectivity index is 2.92. The van der Waals surface area contributed by atoms with Gasteiger partial charge in [0.05, 0.1) is 18.2 Å². The van der Waals surface area contributed by atoms with Gasteiger partial charge in [-0.15, -0.1) is 0 Å². The first-order valence-electron chi connectivity index (χ1n) is 5.91. The third kappa shape index (κ3) is 4.76. The monoisotopic (exact) mass is 322 g/mol. The minimum atomic E-state index is -0.968. The van der Waals surface area contributed by atoms with Crippen LogP contribution in [0.15, 0.2) is 28.7 Å². The summed E-state index contributed by atoms with van der Waals surface area (Å²) in [5.74, 6) is -0.968. The minimum Gasteiger partial charge on any atom is -0.478 e. The lowest BCUT2D eigenvalue weighted by molar-refractivity contribution is -0.131. The molecule has 1 aromatic carbocycles. The van der Waals surface area contributed by atoms with Gasteiger partial charge < -0.3 is 10.0 Å². The molecule has 0 aliphatic rings. The number of anilines is 1. The van der Waals surface area contributed by atoms with Crippen LogP contribution >= 0.6 is 15.9 Å². The van der Waals surface area contributed by atoms with Crippen LogP contribution in [-0.4, -0.2) is 24.2 Å². The van der Waals surface area contributed by atoms with Crippen LogP contribution in [0.3, 0.4) is 0 Å². The summed E-state index contributed by atoms with van der Waals surface area (Å²) >= 11 is 3.48. The van der Waals surface area contributed by atoms with E-state index in [1.54, 1.807) is 6.08 Å². The molecule has 0 spiro atoms. The van der Waals surface area contributed by atoms with Crippen molar-refractivity contribution in [3.63, 3.8) is 0 Å². The van der Waals surface area contributed by atoms with Gasteiger partial charge in [0.25, 0.3) is 0 Å². The minimum absolute atomic E-state index is 0.473. The normalized spacial score (nSPS) is 10.4. The van der Waals surface area contributed by atoms with E-state index < -0.39 is 5.97 Å². The molecule has 0 heterocycles. The van der Waals surface area contributed by atoms with Crippen LogP contribution in [0.2, 0.25) is 0 Å². The molecule has 0 fully saturated rings. The number of hydrogen-bond donors (Lipinski definition) is 1. The molecule has 0 saturated carbocycles. The molecule has 0 atom stereocenters. The number of aliphatic carboxylic acids is 1. The van der Waals surface area contributed by atoms with Crippen LogP contribution in [-0.2, 0) is 4.79 Å². The Labute approximate surface area is 121 Å². The molecular weight excluding hydrogens is 308 g/mol. The first-order valence-corrected chi connectivity index (χ1v) is 6.70. The average molecular weight is 323 g/mol. The highest BCUT2D eigenvalue weighted by Gasteiger charge is 2.08. The van der Waals surface area contributed by atoms with Gasteiger partial charge >= 0.3 is 5.97 Å². The standard InChI is InChI=1S/C14H15BrN2O2/c1-2-17(9-3-8-16)13-6-4-11(10-12(13)15)5-7-14(18)19/h4-7,10H,2-3,9H2,1H3,(H,18,19)/b7-5+. The van der Waals surface area contributed by atoms with E-state index in [0.29, 0.717) is 13.0 Å². The van der Waals surface area contributed by atoms with Crippen molar-refractivity contribution in [1.82, 2.24) is 0 Å². The molecule has 1 aromatic rings. The number of nitriles is 1. The predicted molar refractivity (Wildman–Crippen MR) is 78.9 cm³/mol. The van der Waals surface area contributed by atoms with Crippen molar-refractivity contribution in [1.29, 1.82) is 5.26 Å². The zero-order valence-electron chi connectivity index (χ0n) is 10.6. The van der Waals surface area contributed by atoms with Gasteiger partial charge in [0.15, 0.2) is 0 Å². The Morgan fingerprint density at radius 2 is 2.32 bits per heavy atom. The van der Waals surface area contributed by atoms with Crippen LogP contribution in [0.4, 0.5) is 5.69 Å². The molecule has 4 nitrogen and oxygen atoms in total. The van der Waals surface area contributed by atoms with Crippen molar-refractivity contribution < 1.29 is 9.90 Å². The second kappa shape index (κ2) is 7.59. The second-order valence-electron chi connectivity index (χ2n) is 3.87. The SMILES string of the molecule is CCN(CCC#N)c1ccc(/C=C/C(=O)O)cc1Br. The molecule has 0 bridgehead atoms. The fourth-order valence-electron chi connectivity index (χ4n) is 1.68. The Morgan fingerprint density at radius 3 is 2.84 bits per heavy atom. The van der Waals surface area contributed by atoms with E-state index in [1.165, 1.54) is 0 Å². The summed E-state index contributed by atoms with van der Waals surface area (Å²) in [5.41, 5.74) is 1.82. The lowest BCUT2D eigenvalue weighted by atomic mass is 10.1. The van der Waals surface area contributed by atoms with E-state index in [2.05, 4.69) is 26.9 Å². The largest absolute Gasteiger partial charge is 0.478 e. The maximum Gasteiger partial charge on any atom is 0.328 e. The van der Waals surface area contributed by atoms with Gasteiger partial charge in [-0.05, 0) is 46.6 Å². The quantitative estimate of drug-likeness (QED) is 0.816. The van der Waals surface area contributed by atoms with E-state index in [1.807, 2.05) is 25.1 Å². The smallest absolute Gasteiger partial charge is 0.328 e. The molecule has 100 valence electrons.